The zero-order chi connectivity index (χ0) is 46.2. The van der Waals surface area contributed by atoms with Gasteiger partial charge in [0, 0.05) is 43.1 Å². The molecule has 0 saturated heterocycles. The van der Waals surface area contributed by atoms with Crippen molar-refractivity contribution in [1.29, 1.82) is 10.5 Å². The number of allylic oxidation sites excluding steroid dienone is 1. The third-order valence-corrected chi connectivity index (χ3v) is 14.9. The van der Waals surface area contributed by atoms with E-state index in [1.165, 1.54) is 11.1 Å². The Hall–Kier alpha value is -9.62. The molecule has 324 valence electrons. The SMILES string of the molecule is N#Cc1ccc(-n2c3ccc(-c4ccc5oc6ccccc6c5c4)cc3c3c4c(ccc32)CCC=C4)c(-n2c3ccc(-c4ccc5oc6ccccc6c5c4)cc3c3c4ccccc4ccc32)c1C#N. The molecule has 0 amide bonds. The number of hydrogen-bond acceptors (Lipinski definition) is 4. The second-order valence-corrected chi connectivity index (χ2v) is 18.5. The first kappa shape index (κ1) is 38.5. The van der Waals surface area contributed by atoms with Gasteiger partial charge in [0.1, 0.15) is 34.5 Å². The van der Waals surface area contributed by atoms with Crippen molar-refractivity contribution in [3.8, 4) is 45.8 Å². The quantitative estimate of drug-likeness (QED) is 0.176. The second-order valence-electron chi connectivity index (χ2n) is 18.5. The molecule has 10 aromatic carbocycles. The van der Waals surface area contributed by atoms with Gasteiger partial charge in [-0.15, -0.1) is 0 Å². The summed E-state index contributed by atoms with van der Waals surface area (Å²) in [5, 5.41) is 33.0. The van der Waals surface area contributed by atoms with E-state index in [4.69, 9.17) is 8.83 Å². The molecule has 0 bridgehead atoms. The highest BCUT2D eigenvalue weighted by Crippen LogP contribution is 2.46. The van der Waals surface area contributed by atoms with E-state index in [1.54, 1.807) is 0 Å². The Morgan fingerprint density at radius 1 is 0.429 bits per heavy atom. The minimum absolute atomic E-state index is 0.318. The van der Waals surface area contributed by atoms with Gasteiger partial charge >= 0.3 is 0 Å². The van der Waals surface area contributed by atoms with Crippen molar-refractivity contribution in [2.45, 2.75) is 12.8 Å². The second kappa shape index (κ2) is 14.4. The highest BCUT2D eigenvalue weighted by Gasteiger charge is 2.27. The summed E-state index contributed by atoms with van der Waals surface area (Å²) in [6.45, 7) is 0. The van der Waals surface area contributed by atoms with E-state index >= 15 is 0 Å². The van der Waals surface area contributed by atoms with Crippen molar-refractivity contribution in [2.75, 3.05) is 0 Å². The highest BCUT2D eigenvalue weighted by molar-refractivity contribution is 6.23. The maximum atomic E-state index is 11.3. The Morgan fingerprint density at radius 2 is 0.971 bits per heavy atom. The summed E-state index contributed by atoms with van der Waals surface area (Å²) in [5.41, 5.74) is 16.3. The van der Waals surface area contributed by atoms with Crippen LogP contribution >= 0.6 is 0 Å². The highest BCUT2D eigenvalue weighted by atomic mass is 16.3. The summed E-state index contributed by atoms with van der Waals surface area (Å²) in [6.07, 6.45) is 6.51. The maximum absolute atomic E-state index is 11.3. The Bertz CT molecular complexity index is 4750. The molecule has 4 heterocycles. The van der Waals surface area contributed by atoms with E-state index in [2.05, 4.69) is 173 Å². The summed E-state index contributed by atoms with van der Waals surface area (Å²) in [6, 6.07) is 68.8. The van der Waals surface area contributed by atoms with Crippen molar-refractivity contribution >= 4 is 104 Å². The van der Waals surface area contributed by atoms with Crippen molar-refractivity contribution in [3.05, 3.63) is 210 Å². The Morgan fingerprint density at radius 3 is 1.64 bits per heavy atom. The molecule has 0 spiro atoms. The zero-order valence-electron chi connectivity index (χ0n) is 37.5. The number of benzene rings is 10. The molecular formula is C64H36N4O2. The summed E-state index contributed by atoms with van der Waals surface area (Å²) in [7, 11) is 0. The van der Waals surface area contributed by atoms with Gasteiger partial charge in [-0.05, 0) is 142 Å². The summed E-state index contributed by atoms with van der Waals surface area (Å²) < 4.78 is 17.0. The zero-order valence-corrected chi connectivity index (χ0v) is 37.5. The maximum Gasteiger partial charge on any atom is 0.135 e. The molecule has 4 aromatic heterocycles. The van der Waals surface area contributed by atoms with Gasteiger partial charge in [-0.25, -0.2) is 0 Å². The lowest BCUT2D eigenvalue weighted by molar-refractivity contribution is 0.668. The van der Waals surface area contributed by atoms with Crippen LogP contribution < -0.4 is 0 Å². The van der Waals surface area contributed by atoms with Crippen LogP contribution in [-0.4, -0.2) is 9.13 Å². The standard InChI is InChI=1S/C64H36N4O2/c65-35-43-21-28-57(67-53-24-19-39(33-50(53)62-44-11-3-1-9-37(44)17-26-55(62)67)41-22-29-60-48(31-41)46-13-5-7-15-58(46)69-60)64(52(43)36-66)68-54-25-20-40(34-51(54)63-45-12-4-2-10-38(45)18-27-56(63)68)42-23-30-61-49(32-42)47-14-6-8-16-59(47)70-61/h2-8,10-34H,1,9H2. The van der Waals surface area contributed by atoms with Crippen molar-refractivity contribution in [2.24, 2.45) is 0 Å². The van der Waals surface area contributed by atoms with E-state index in [0.717, 1.165) is 139 Å². The normalized spacial score (nSPS) is 12.7. The van der Waals surface area contributed by atoms with Crippen LogP contribution in [0.15, 0.2) is 197 Å². The van der Waals surface area contributed by atoms with Gasteiger partial charge in [-0.1, -0.05) is 109 Å². The van der Waals surface area contributed by atoms with Gasteiger partial charge in [0.25, 0.3) is 0 Å². The summed E-state index contributed by atoms with van der Waals surface area (Å²) in [4.78, 5) is 0. The fourth-order valence-electron chi connectivity index (χ4n) is 11.7. The molecule has 15 rings (SSSR count). The molecular weight excluding hydrogens is 857 g/mol. The average Bonchev–Trinajstić information content (AvgIpc) is 4.17. The summed E-state index contributed by atoms with van der Waals surface area (Å²) in [5.74, 6) is 0. The van der Waals surface area contributed by atoms with E-state index in [1.807, 2.05) is 42.5 Å². The van der Waals surface area contributed by atoms with E-state index in [9.17, 15) is 10.5 Å². The number of para-hydroxylation sites is 2. The van der Waals surface area contributed by atoms with Crippen molar-refractivity contribution in [1.82, 2.24) is 9.13 Å². The minimum Gasteiger partial charge on any atom is -0.456 e. The number of aromatic nitrogens is 2. The molecule has 0 N–H and O–H groups in total. The number of furan rings is 2. The molecule has 0 atom stereocenters. The van der Waals surface area contributed by atoms with Crippen LogP contribution in [0.5, 0.6) is 0 Å². The Kier molecular flexibility index (Phi) is 7.94. The first-order valence-electron chi connectivity index (χ1n) is 23.7. The molecule has 1 aliphatic rings. The van der Waals surface area contributed by atoms with Crippen molar-refractivity contribution < 1.29 is 8.83 Å². The number of rotatable bonds is 4. The smallest absolute Gasteiger partial charge is 0.135 e. The first-order chi connectivity index (χ1) is 34.6. The van der Waals surface area contributed by atoms with Gasteiger partial charge in [-0.3, -0.25) is 0 Å². The number of fused-ring (bicyclic) bond motifs is 16. The number of hydrogen-bond donors (Lipinski definition) is 0. The first-order valence-corrected chi connectivity index (χ1v) is 23.7. The fraction of sp³-hybridized carbons (Fsp3) is 0.0312. The largest absolute Gasteiger partial charge is 0.456 e. The lowest BCUT2D eigenvalue weighted by Gasteiger charge is -2.19. The van der Waals surface area contributed by atoms with Crippen LogP contribution in [0.3, 0.4) is 0 Å². The van der Waals surface area contributed by atoms with E-state index in [0.29, 0.717) is 16.8 Å². The molecule has 0 aliphatic heterocycles. The molecule has 6 heteroatoms. The fourth-order valence-corrected chi connectivity index (χ4v) is 11.7. The van der Waals surface area contributed by atoms with Gasteiger partial charge < -0.3 is 18.0 Å². The van der Waals surface area contributed by atoms with Gasteiger partial charge in [0.2, 0.25) is 0 Å². The van der Waals surface area contributed by atoms with Crippen LogP contribution in [0.1, 0.15) is 28.7 Å². The lowest BCUT2D eigenvalue weighted by atomic mass is 9.92. The minimum atomic E-state index is 0.318. The van der Waals surface area contributed by atoms with Crippen LogP contribution in [0, 0.1) is 22.7 Å². The Labute approximate surface area is 400 Å². The number of aryl methyl sites for hydroxylation is 1. The number of nitriles is 2. The predicted molar refractivity (Wildman–Crippen MR) is 285 cm³/mol. The van der Waals surface area contributed by atoms with Gasteiger partial charge in [-0.2, -0.15) is 10.5 Å². The van der Waals surface area contributed by atoms with Gasteiger partial charge in [0.05, 0.1) is 44.6 Å². The third-order valence-electron chi connectivity index (χ3n) is 14.9. The van der Waals surface area contributed by atoms with Crippen LogP contribution in [0.25, 0.3) is 138 Å². The molecule has 6 nitrogen and oxygen atoms in total. The molecule has 70 heavy (non-hydrogen) atoms. The van der Waals surface area contributed by atoms with Crippen LogP contribution in [0.4, 0.5) is 0 Å². The molecule has 0 fully saturated rings. The molecule has 14 aromatic rings. The van der Waals surface area contributed by atoms with Crippen molar-refractivity contribution in [3.63, 3.8) is 0 Å². The van der Waals surface area contributed by atoms with Crippen LogP contribution in [-0.2, 0) is 6.42 Å². The number of nitrogens with zero attached hydrogens (tertiary/aromatic N) is 4. The molecule has 0 unspecified atom stereocenters. The van der Waals surface area contributed by atoms with E-state index < -0.39 is 0 Å². The van der Waals surface area contributed by atoms with E-state index in [-0.39, 0.29) is 0 Å². The molecule has 1 aliphatic carbocycles. The topological polar surface area (TPSA) is 83.7 Å². The monoisotopic (exact) mass is 892 g/mol. The molecule has 0 radical (unpaired) electrons. The Balaban J connectivity index is 1.02. The van der Waals surface area contributed by atoms with Gasteiger partial charge in [0.15, 0.2) is 0 Å². The molecule has 0 saturated carbocycles. The lowest BCUT2D eigenvalue weighted by Crippen LogP contribution is -2.07. The van der Waals surface area contributed by atoms with Crippen LogP contribution in [0.2, 0.25) is 0 Å². The average molecular weight is 893 g/mol. The predicted octanol–water partition coefficient (Wildman–Crippen LogP) is 16.9. The third kappa shape index (κ3) is 5.36. The summed E-state index contributed by atoms with van der Waals surface area (Å²) >= 11 is 0.